The lowest BCUT2D eigenvalue weighted by Crippen LogP contribution is -2.68. The van der Waals surface area contributed by atoms with Crippen molar-refractivity contribution >= 4 is 11.8 Å². The highest BCUT2D eigenvalue weighted by Gasteiger charge is 2.51. The number of hydrogen-bond acceptors (Lipinski definition) is 5. The van der Waals surface area contributed by atoms with Crippen LogP contribution in [-0.4, -0.2) is 79.6 Å². The molecule has 32 heavy (non-hydrogen) atoms. The lowest BCUT2D eigenvalue weighted by molar-refractivity contribution is -0.160. The molecule has 0 saturated carbocycles. The first-order valence-electron chi connectivity index (χ1n) is 11.9. The Labute approximate surface area is 188 Å². The molecule has 3 aliphatic rings. The average molecular weight is 440 g/mol. The van der Waals surface area contributed by atoms with Crippen LogP contribution in [0.4, 0.5) is 0 Å². The summed E-state index contributed by atoms with van der Waals surface area (Å²) in [6.45, 7) is 6.25. The van der Waals surface area contributed by atoms with Crippen molar-refractivity contribution in [2.45, 2.75) is 57.7 Å². The number of likely N-dealkylation sites (tertiary alicyclic amines) is 1. The van der Waals surface area contributed by atoms with Gasteiger partial charge in [-0.05, 0) is 38.2 Å². The zero-order valence-corrected chi connectivity index (χ0v) is 18.7. The van der Waals surface area contributed by atoms with Gasteiger partial charge in [-0.25, -0.2) is 4.98 Å². The highest BCUT2D eigenvalue weighted by Crippen LogP contribution is 2.41. The number of amides is 2. The van der Waals surface area contributed by atoms with Crippen molar-refractivity contribution in [3.05, 3.63) is 36.2 Å². The molecule has 0 radical (unpaired) electrons. The van der Waals surface area contributed by atoms with Gasteiger partial charge < -0.3 is 20.1 Å². The van der Waals surface area contributed by atoms with Crippen molar-refractivity contribution in [1.82, 2.24) is 34.9 Å². The first-order chi connectivity index (χ1) is 15.6. The molecular formula is C23H33N7O2. The first-order valence-corrected chi connectivity index (χ1v) is 11.9. The van der Waals surface area contributed by atoms with Crippen LogP contribution in [0.15, 0.2) is 24.8 Å². The molecule has 5 rings (SSSR count). The molecule has 172 valence electrons. The number of imidazole rings is 1. The number of aromatic amines is 1. The summed E-state index contributed by atoms with van der Waals surface area (Å²) in [5, 5.41) is 7.52. The maximum absolute atomic E-state index is 13.4. The number of carbonyl (C=O) groups excluding carboxylic acids is 2. The maximum atomic E-state index is 13.4. The average Bonchev–Trinajstić information content (AvgIpc) is 3.45. The molecule has 0 aromatic carbocycles. The van der Waals surface area contributed by atoms with Gasteiger partial charge in [0, 0.05) is 74.8 Å². The van der Waals surface area contributed by atoms with Crippen molar-refractivity contribution in [2.75, 3.05) is 26.2 Å². The number of aryl methyl sites for hydroxylation is 1. The summed E-state index contributed by atoms with van der Waals surface area (Å²) < 4.78 is 2.04. The van der Waals surface area contributed by atoms with E-state index in [0.717, 1.165) is 51.1 Å². The molecule has 0 aliphatic carbocycles. The van der Waals surface area contributed by atoms with Crippen LogP contribution in [0.1, 0.15) is 37.1 Å². The van der Waals surface area contributed by atoms with E-state index in [2.05, 4.69) is 32.2 Å². The van der Waals surface area contributed by atoms with Gasteiger partial charge in [-0.1, -0.05) is 0 Å². The minimum Gasteiger partial charge on any atom is -0.354 e. The number of nitrogens with zero attached hydrogens (tertiary/aromatic N) is 5. The van der Waals surface area contributed by atoms with Crippen LogP contribution in [0.3, 0.4) is 0 Å². The van der Waals surface area contributed by atoms with E-state index in [1.54, 1.807) is 12.5 Å². The van der Waals surface area contributed by atoms with Crippen LogP contribution in [0, 0.1) is 18.8 Å². The third kappa shape index (κ3) is 4.18. The van der Waals surface area contributed by atoms with E-state index in [4.69, 9.17) is 0 Å². The number of H-pyrrole nitrogens is 1. The summed E-state index contributed by atoms with van der Waals surface area (Å²) in [4.78, 5) is 37.9. The summed E-state index contributed by atoms with van der Waals surface area (Å²) in [6.07, 6.45) is 9.52. The maximum Gasteiger partial charge on any atom is 0.243 e. The number of carbonyl (C=O) groups is 2. The Morgan fingerprint density at radius 1 is 1.28 bits per heavy atom. The molecule has 3 saturated heterocycles. The van der Waals surface area contributed by atoms with Crippen molar-refractivity contribution in [3.63, 3.8) is 0 Å². The summed E-state index contributed by atoms with van der Waals surface area (Å²) in [5.74, 6) is 0.784. The van der Waals surface area contributed by atoms with Crippen LogP contribution in [0.25, 0.3) is 0 Å². The molecule has 3 fully saturated rings. The van der Waals surface area contributed by atoms with Crippen LogP contribution in [-0.2, 0) is 22.6 Å². The second-order valence-electron chi connectivity index (χ2n) is 9.53. The molecule has 2 aromatic rings. The third-order valence-electron chi connectivity index (χ3n) is 7.49. The first kappa shape index (κ1) is 21.2. The molecule has 9 nitrogen and oxygen atoms in total. The number of hydrogen-bond donors (Lipinski definition) is 2. The Morgan fingerprint density at radius 2 is 2.16 bits per heavy atom. The van der Waals surface area contributed by atoms with Gasteiger partial charge >= 0.3 is 0 Å². The second-order valence-corrected chi connectivity index (χ2v) is 9.53. The van der Waals surface area contributed by atoms with Crippen LogP contribution in [0.2, 0.25) is 0 Å². The second kappa shape index (κ2) is 9.05. The normalized spacial score (nSPS) is 27.9. The highest BCUT2D eigenvalue weighted by atomic mass is 16.2. The predicted molar refractivity (Wildman–Crippen MR) is 119 cm³/mol. The SMILES string of the molecule is Cc1ccnn1CCN1C[C@H]2C[C@@H](C1)[C@H](C(=O)NCCc1cnc[nH]1)N1C(=O)CCC[C@@H]21. The Balaban J connectivity index is 1.28. The monoisotopic (exact) mass is 439 g/mol. The van der Waals surface area contributed by atoms with Crippen LogP contribution < -0.4 is 5.32 Å². The molecule has 2 amide bonds. The number of aromatic nitrogens is 4. The minimum atomic E-state index is -0.361. The van der Waals surface area contributed by atoms with Crippen LogP contribution >= 0.6 is 0 Å². The molecule has 2 bridgehead atoms. The standard InChI is InChI=1S/C23H33N7O2/c1-16-5-8-27-29(16)10-9-28-13-17-11-18(14-28)22(30-20(17)3-2-4-21(30)31)23(32)25-7-6-19-12-24-15-26-19/h5,8,12,15,17-18,20,22H,2-4,6-7,9-11,13-14H2,1H3,(H,24,26)(H,25,32)/t17-,18+,20+,22-/m1/s1. The zero-order valence-electron chi connectivity index (χ0n) is 18.7. The zero-order chi connectivity index (χ0) is 22.1. The Morgan fingerprint density at radius 3 is 2.94 bits per heavy atom. The molecule has 5 heterocycles. The predicted octanol–water partition coefficient (Wildman–Crippen LogP) is 0.975. The molecule has 9 heteroatoms. The van der Waals surface area contributed by atoms with Gasteiger partial charge in [0.25, 0.3) is 0 Å². The summed E-state index contributed by atoms with van der Waals surface area (Å²) in [7, 11) is 0. The highest BCUT2D eigenvalue weighted by molar-refractivity contribution is 5.89. The van der Waals surface area contributed by atoms with Gasteiger partial charge in [0.15, 0.2) is 0 Å². The minimum absolute atomic E-state index is 0.00186. The fourth-order valence-corrected chi connectivity index (χ4v) is 5.99. The fraction of sp³-hybridized carbons (Fsp3) is 0.652. The number of rotatable bonds is 7. The Bertz CT molecular complexity index is 940. The summed E-state index contributed by atoms with van der Waals surface area (Å²) >= 11 is 0. The van der Waals surface area contributed by atoms with Crippen molar-refractivity contribution < 1.29 is 9.59 Å². The molecule has 0 unspecified atom stereocenters. The number of nitrogens with one attached hydrogen (secondary N) is 2. The summed E-state index contributed by atoms with van der Waals surface area (Å²) in [5.41, 5.74) is 2.17. The molecule has 0 spiro atoms. The largest absolute Gasteiger partial charge is 0.354 e. The van der Waals surface area contributed by atoms with Gasteiger partial charge in [-0.3, -0.25) is 14.3 Å². The molecule has 4 atom stereocenters. The Kier molecular flexibility index (Phi) is 5.99. The van der Waals surface area contributed by atoms with Gasteiger partial charge in [0.05, 0.1) is 12.9 Å². The van der Waals surface area contributed by atoms with E-state index in [1.807, 2.05) is 21.8 Å². The van der Waals surface area contributed by atoms with Gasteiger partial charge in [-0.2, -0.15) is 5.10 Å². The lowest BCUT2D eigenvalue weighted by atomic mass is 9.71. The van der Waals surface area contributed by atoms with Gasteiger partial charge in [-0.15, -0.1) is 0 Å². The molecule has 2 aromatic heterocycles. The molecule has 2 N–H and O–H groups in total. The van der Waals surface area contributed by atoms with Crippen molar-refractivity contribution in [2.24, 2.45) is 11.8 Å². The van der Waals surface area contributed by atoms with Gasteiger partial charge in [0.2, 0.25) is 11.8 Å². The molecule has 3 aliphatic heterocycles. The van der Waals surface area contributed by atoms with Gasteiger partial charge in [0.1, 0.15) is 6.04 Å². The molecular weight excluding hydrogens is 406 g/mol. The quantitative estimate of drug-likeness (QED) is 0.670. The topological polar surface area (TPSA) is 99.2 Å². The van der Waals surface area contributed by atoms with E-state index >= 15 is 0 Å². The van der Waals surface area contributed by atoms with E-state index in [0.29, 0.717) is 25.3 Å². The van der Waals surface area contributed by atoms with E-state index in [9.17, 15) is 9.59 Å². The number of fused-ring (bicyclic) bond motifs is 4. The number of piperidine rings is 3. The smallest absolute Gasteiger partial charge is 0.243 e. The fourth-order valence-electron chi connectivity index (χ4n) is 5.99. The lowest BCUT2D eigenvalue weighted by Gasteiger charge is -2.55. The Hall–Kier alpha value is -2.68. The van der Waals surface area contributed by atoms with Crippen molar-refractivity contribution in [1.29, 1.82) is 0 Å². The van der Waals surface area contributed by atoms with Crippen molar-refractivity contribution in [3.8, 4) is 0 Å². The van der Waals surface area contributed by atoms with E-state index < -0.39 is 0 Å². The van der Waals surface area contributed by atoms with Crippen LogP contribution in [0.5, 0.6) is 0 Å². The van der Waals surface area contributed by atoms with E-state index in [-0.39, 0.29) is 29.8 Å². The summed E-state index contributed by atoms with van der Waals surface area (Å²) in [6, 6.07) is 1.85. The third-order valence-corrected chi connectivity index (χ3v) is 7.49. The van der Waals surface area contributed by atoms with E-state index in [1.165, 1.54) is 5.69 Å².